The fourth-order valence-electron chi connectivity index (χ4n) is 2.18. The Bertz CT molecular complexity index is 653. The number of benzene rings is 1. The molecule has 0 unspecified atom stereocenters. The van der Waals surface area contributed by atoms with Crippen LogP contribution >= 0.6 is 0 Å². The molecular formula is C17H19FN2O3. The normalized spacial score (nSPS) is 11.8. The number of nitrogens with zero attached hydrogens (tertiary/aromatic N) is 1. The molecule has 0 saturated carbocycles. The summed E-state index contributed by atoms with van der Waals surface area (Å²) >= 11 is 0. The lowest BCUT2D eigenvalue weighted by atomic mass is 10.1. The Labute approximate surface area is 134 Å². The van der Waals surface area contributed by atoms with E-state index < -0.39 is 6.04 Å². The van der Waals surface area contributed by atoms with Gasteiger partial charge in [-0.15, -0.1) is 0 Å². The molecule has 6 heteroatoms. The number of hydrogen-bond donors (Lipinski definition) is 1. The van der Waals surface area contributed by atoms with E-state index in [2.05, 4.69) is 5.32 Å². The third kappa shape index (κ3) is 4.67. The largest absolute Gasteiger partial charge is 0.467 e. The van der Waals surface area contributed by atoms with Crippen molar-refractivity contribution in [1.82, 2.24) is 10.2 Å². The highest BCUT2D eigenvalue weighted by Crippen LogP contribution is 2.11. The van der Waals surface area contributed by atoms with Gasteiger partial charge in [0.15, 0.2) is 0 Å². The first-order valence-electron chi connectivity index (χ1n) is 7.29. The minimum atomic E-state index is -0.646. The zero-order valence-corrected chi connectivity index (χ0v) is 13.1. The molecule has 0 saturated heterocycles. The van der Waals surface area contributed by atoms with Crippen LogP contribution in [0.1, 0.15) is 25.2 Å². The van der Waals surface area contributed by atoms with Gasteiger partial charge in [0.2, 0.25) is 11.8 Å². The van der Waals surface area contributed by atoms with Crippen molar-refractivity contribution < 1.29 is 18.4 Å². The van der Waals surface area contributed by atoms with Crippen LogP contribution in [-0.2, 0) is 22.7 Å². The molecule has 0 radical (unpaired) electrons. The van der Waals surface area contributed by atoms with Crippen molar-refractivity contribution in [2.45, 2.75) is 33.0 Å². The van der Waals surface area contributed by atoms with Gasteiger partial charge in [0.05, 0.1) is 12.8 Å². The number of hydrogen-bond acceptors (Lipinski definition) is 3. The van der Waals surface area contributed by atoms with Crippen molar-refractivity contribution >= 4 is 11.8 Å². The smallest absolute Gasteiger partial charge is 0.242 e. The highest BCUT2D eigenvalue weighted by molar-refractivity contribution is 5.86. The first-order chi connectivity index (χ1) is 11.0. The van der Waals surface area contributed by atoms with E-state index in [0.717, 1.165) is 5.56 Å². The molecule has 1 heterocycles. The summed E-state index contributed by atoms with van der Waals surface area (Å²) < 4.78 is 18.1. The molecular weight excluding hydrogens is 299 g/mol. The van der Waals surface area contributed by atoms with Gasteiger partial charge in [-0.25, -0.2) is 4.39 Å². The molecule has 0 bridgehead atoms. The minimum absolute atomic E-state index is 0.227. The van der Waals surface area contributed by atoms with Gasteiger partial charge in [-0.1, -0.05) is 12.1 Å². The molecule has 2 amide bonds. The van der Waals surface area contributed by atoms with E-state index in [1.165, 1.54) is 30.2 Å². The van der Waals surface area contributed by atoms with Gasteiger partial charge in [0.25, 0.3) is 0 Å². The van der Waals surface area contributed by atoms with Crippen LogP contribution in [0.25, 0.3) is 0 Å². The number of carbonyl (C=O) groups is 2. The number of halogens is 1. The lowest BCUT2D eigenvalue weighted by Gasteiger charge is -2.27. The predicted molar refractivity (Wildman–Crippen MR) is 82.6 cm³/mol. The van der Waals surface area contributed by atoms with Crippen LogP contribution in [0.4, 0.5) is 4.39 Å². The zero-order chi connectivity index (χ0) is 16.8. The maximum absolute atomic E-state index is 13.0. The zero-order valence-electron chi connectivity index (χ0n) is 13.1. The molecule has 0 fully saturated rings. The monoisotopic (exact) mass is 318 g/mol. The maximum Gasteiger partial charge on any atom is 0.242 e. The third-order valence-corrected chi connectivity index (χ3v) is 3.53. The molecule has 1 aromatic heterocycles. The minimum Gasteiger partial charge on any atom is -0.467 e. The van der Waals surface area contributed by atoms with Crippen molar-refractivity contribution in [3.63, 3.8) is 0 Å². The summed E-state index contributed by atoms with van der Waals surface area (Å²) in [5, 5.41) is 2.73. The van der Waals surface area contributed by atoms with E-state index in [0.29, 0.717) is 5.76 Å². The molecule has 0 spiro atoms. The summed E-state index contributed by atoms with van der Waals surface area (Å²) in [5.41, 5.74) is 0.757. The SMILES string of the molecule is CC(=O)N(Cc1ccc(F)cc1)[C@H](C)C(=O)NCc1ccco1. The maximum atomic E-state index is 13.0. The molecule has 5 nitrogen and oxygen atoms in total. The Balaban J connectivity index is 1.99. The van der Waals surface area contributed by atoms with Gasteiger partial charge in [0, 0.05) is 13.5 Å². The van der Waals surface area contributed by atoms with Crippen molar-refractivity contribution in [3.8, 4) is 0 Å². The Kier molecular flexibility index (Phi) is 5.51. The second-order valence-electron chi connectivity index (χ2n) is 5.25. The summed E-state index contributed by atoms with van der Waals surface area (Å²) in [6.07, 6.45) is 1.53. The summed E-state index contributed by atoms with van der Waals surface area (Å²) in [6, 6.07) is 8.70. The van der Waals surface area contributed by atoms with Crippen LogP contribution in [0.5, 0.6) is 0 Å². The average Bonchev–Trinajstić information content (AvgIpc) is 3.04. The van der Waals surface area contributed by atoms with Gasteiger partial charge >= 0.3 is 0 Å². The van der Waals surface area contributed by atoms with Gasteiger partial charge in [-0.2, -0.15) is 0 Å². The van der Waals surface area contributed by atoms with E-state index in [9.17, 15) is 14.0 Å². The molecule has 2 rings (SSSR count). The molecule has 0 aliphatic rings. The Morgan fingerprint density at radius 1 is 1.26 bits per heavy atom. The van der Waals surface area contributed by atoms with E-state index in [-0.39, 0.29) is 30.7 Å². The molecule has 1 N–H and O–H groups in total. The number of rotatable bonds is 6. The summed E-state index contributed by atoms with van der Waals surface area (Å²) in [5.74, 6) is -0.209. The Morgan fingerprint density at radius 2 is 1.96 bits per heavy atom. The predicted octanol–water partition coefficient (Wildman–Crippen LogP) is 2.47. The van der Waals surface area contributed by atoms with Crippen LogP contribution in [0.2, 0.25) is 0 Å². The second-order valence-corrected chi connectivity index (χ2v) is 5.25. The van der Waals surface area contributed by atoms with Crippen LogP contribution in [-0.4, -0.2) is 22.8 Å². The van der Waals surface area contributed by atoms with Crippen LogP contribution in [0.3, 0.4) is 0 Å². The van der Waals surface area contributed by atoms with Crippen molar-refractivity contribution in [2.24, 2.45) is 0 Å². The van der Waals surface area contributed by atoms with Gasteiger partial charge in [0.1, 0.15) is 17.6 Å². The lowest BCUT2D eigenvalue weighted by Crippen LogP contribution is -2.46. The third-order valence-electron chi connectivity index (χ3n) is 3.53. The fourth-order valence-corrected chi connectivity index (χ4v) is 2.18. The Morgan fingerprint density at radius 3 is 2.52 bits per heavy atom. The van der Waals surface area contributed by atoms with E-state index in [1.807, 2.05) is 0 Å². The number of carbonyl (C=O) groups excluding carboxylic acids is 2. The standard InChI is InChI=1S/C17H19FN2O3/c1-12(17(22)19-10-16-4-3-9-23-16)20(13(2)21)11-14-5-7-15(18)8-6-14/h3-9,12H,10-11H2,1-2H3,(H,19,22)/t12-/m1/s1. The van der Waals surface area contributed by atoms with E-state index in [1.54, 1.807) is 31.2 Å². The average molecular weight is 318 g/mol. The second kappa shape index (κ2) is 7.58. The Hall–Kier alpha value is -2.63. The first-order valence-corrected chi connectivity index (χ1v) is 7.29. The summed E-state index contributed by atoms with van der Waals surface area (Å²) in [4.78, 5) is 25.5. The van der Waals surface area contributed by atoms with Crippen molar-refractivity contribution in [3.05, 3.63) is 59.8 Å². The van der Waals surface area contributed by atoms with E-state index in [4.69, 9.17) is 4.42 Å². The van der Waals surface area contributed by atoms with Crippen molar-refractivity contribution in [1.29, 1.82) is 0 Å². The molecule has 2 aromatic rings. The van der Waals surface area contributed by atoms with Crippen LogP contribution in [0.15, 0.2) is 47.1 Å². The topological polar surface area (TPSA) is 62.6 Å². The highest BCUT2D eigenvalue weighted by Gasteiger charge is 2.23. The molecule has 0 aliphatic heterocycles. The number of nitrogens with one attached hydrogen (secondary N) is 1. The lowest BCUT2D eigenvalue weighted by molar-refractivity contribution is -0.139. The van der Waals surface area contributed by atoms with Crippen LogP contribution in [0, 0.1) is 5.82 Å². The molecule has 122 valence electrons. The fraction of sp³-hybridized carbons (Fsp3) is 0.294. The van der Waals surface area contributed by atoms with Gasteiger partial charge < -0.3 is 14.6 Å². The summed E-state index contributed by atoms with van der Waals surface area (Å²) in [6.45, 7) is 3.56. The quantitative estimate of drug-likeness (QED) is 0.890. The molecule has 1 atom stereocenters. The molecule has 1 aromatic carbocycles. The van der Waals surface area contributed by atoms with Gasteiger partial charge in [-0.05, 0) is 36.8 Å². The number of furan rings is 1. The molecule has 0 aliphatic carbocycles. The highest BCUT2D eigenvalue weighted by atomic mass is 19.1. The van der Waals surface area contributed by atoms with Crippen LogP contribution < -0.4 is 5.32 Å². The molecule has 23 heavy (non-hydrogen) atoms. The van der Waals surface area contributed by atoms with E-state index >= 15 is 0 Å². The first kappa shape index (κ1) is 16.7. The number of amides is 2. The summed E-state index contributed by atoms with van der Waals surface area (Å²) in [7, 11) is 0. The van der Waals surface area contributed by atoms with Crippen molar-refractivity contribution in [2.75, 3.05) is 0 Å². The van der Waals surface area contributed by atoms with Gasteiger partial charge in [-0.3, -0.25) is 9.59 Å².